The van der Waals surface area contributed by atoms with E-state index >= 15 is 0 Å². The van der Waals surface area contributed by atoms with Gasteiger partial charge < -0.3 is 45.1 Å². The summed E-state index contributed by atoms with van der Waals surface area (Å²) in [5.74, 6) is -2.90. The van der Waals surface area contributed by atoms with Crippen molar-refractivity contribution in [2.24, 2.45) is 23.7 Å². The van der Waals surface area contributed by atoms with Gasteiger partial charge in [-0.2, -0.15) is 0 Å². The number of likely N-dealkylation sites (tertiary alicyclic amines) is 1. The zero-order valence-corrected chi connectivity index (χ0v) is 34.5. The van der Waals surface area contributed by atoms with Gasteiger partial charge in [0.05, 0.1) is 49.8 Å². The number of ether oxygens (including phenoxy) is 3. The molecule has 1 aliphatic rings. The van der Waals surface area contributed by atoms with Gasteiger partial charge in [0, 0.05) is 34.2 Å². The van der Waals surface area contributed by atoms with Gasteiger partial charge in [0.1, 0.15) is 17.8 Å². The molecule has 1 aromatic rings. The van der Waals surface area contributed by atoms with Crippen LogP contribution in [0.3, 0.4) is 0 Å². The molecule has 0 aromatic heterocycles. The van der Waals surface area contributed by atoms with E-state index in [9.17, 15) is 29.1 Å². The first-order valence-electron chi connectivity index (χ1n) is 19.2. The molecule has 0 bridgehead atoms. The van der Waals surface area contributed by atoms with Crippen molar-refractivity contribution in [3.8, 4) is 5.75 Å². The maximum absolute atomic E-state index is 14.2. The van der Waals surface area contributed by atoms with Crippen molar-refractivity contribution in [3.63, 3.8) is 0 Å². The summed E-state index contributed by atoms with van der Waals surface area (Å²) in [6, 6.07) is 3.66. The maximum atomic E-state index is 14.2. The van der Waals surface area contributed by atoms with Crippen molar-refractivity contribution in [1.29, 1.82) is 0 Å². The fraction of sp³-hybridized carbons (Fsp3) is 0.725. The molecule has 1 aromatic carbocycles. The third-order valence-corrected chi connectivity index (χ3v) is 11.0. The second kappa shape index (κ2) is 22.0. The number of carbonyl (C=O) groups excluding carboxylic acids is 4. The minimum Gasteiger partial charge on any atom is -0.496 e. The maximum Gasteiger partial charge on any atom is 0.326 e. The molecule has 4 N–H and O–H groups in total. The third kappa shape index (κ3) is 11.9. The number of likely N-dealkylation sites (N-methyl/N-ethyl adjacent to an activating group) is 2. The van der Waals surface area contributed by atoms with Crippen LogP contribution in [0.1, 0.15) is 79.7 Å². The quantitative estimate of drug-likeness (QED) is 0.137. The number of benzene rings is 1. The van der Waals surface area contributed by atoms with Crippen molar-refractivity contribution in [2.45, 2.75) is 123 Å². The van der Waals surface area contributed by atoms with Gasteiger partial charge in [-0.25, -0.2) is 4.79 Å². The summed E-state index contributed by atoms with van der Waals surface area (Å²) < 4.78 is 17.2. The van der Waals surface area contributed by atoms with Crippen LogP contribution in [0, 0.1) is 23.7 Å². The number of rotatable bonds is 22. The van der Waals surface area contributed by atoms with Crippen LogP contribution >= 0.6 is 0 Å². The predicted molar refractivity (Wildman–Crippen MR) is 207 cm³/mol. The smallest absolute Gasteiger partial charge is 0.326 e. The van der Waals surface area contributed by atoms with Gasteiger partial charge in [0.15, 0.2) is 0 Å². The molecule has 1 heterocycles. The topological polar surface area (TPSA) is 176 Å². The molecule has 1 saturated heterocycles. The Labute approximate surface area is 322 Å². The molecule has 9 atom stereocenters. The molecule has 14 heteroatoms. The largest absolute Gasteiger partial charge is 0.496 e. The van der Waals surface area contributed by atoms with Gasteiger partial charge in [0.25, 0.3) is 0 Å². The summed E-state index contributed by atoms with van der Waals surface area (Å²) in [5.41, 5.74) is 0.644. The minimum atomic E-state index is -1.21. The highest BCUT2D eigenvalue weighted by Gasteiger charge is 2.43. The summed E-state index contributed by atoms with van der Waals surface area (Å²) in [5, 5.41) is 18.7. The van der Waals surface area contributed by atoms with Crippen LogP contribution in [-0.2, 0) is 39.9 Å². The van der Waals surface area contributed by atoms with E-state index in [1.54, 1.807) is 55.1 Å². The van der Waals surface area contributed by atoms with E-state index < -0.39 is 60.2 Å². The number of methoxy groups -OCH3 is 3. The SMILES string of the molecule is CC[C@H](C)C(C(CC(=O)N1CCC[C@H]1C(OC)[C@@H](C)C(=O)NC(Cc1ccccc1OC)C(=O)O)OC)N(C)C(=O)[C@@H](NC(=O)C(NC)C(C)C)C(C)C. The number of aliphatic carboxylic acids is 1. The van der Waals surface area contributed by atoms with Gasteiger partial charge >= 0.3 is 5.97 Å². The van der Waals surface area contributed by atoms with E-state index in [2.05, 4.69) is 16.0 Å². The Kier molecular flexibility index (Phi) is 18.9. The van der Waals surface area contributed by atoms with E-state index in [0.717, 1.165) is 0 Å². The van der Waals surface area contributed by atoms with E-state index in [1.165, 1.54) is 21.3 Å². The van der Waals surface area contributed by atoms with E-state index in [0.29, 0.717) is 37.1 Å². The summed E-state index contributed by atoms with van der Waals surface area (Å²) in [4.78, 5) is 70.7. The Balaban J connectivity index is 2.28. The lowest BCUT2D eigenvalue weighted by Crippen LogP contribution is -2.59. The summed E-state index contributed by atoms with van der Waals surface area (Å²) in [6.45, 7) is 13.8. The average molecular weight is 762 g/mol. The molecule has 5 unspecified atom stereocenters. The van der Waals surface area contributed by atoms with Crippen LogP contribution in [0.15, 0.2) is 24.3 Å². The van der Waals surface area contributed by atoms with Crippen LogP contribution in [0.5, 0.6) is 5.75 Å². The Morgan fingerprint density at radius 3 is 2.07 bits per heavy atom. The summed E-state index contributed by atoms with van der Waals surface area (Å²) >= 11 is 0. The van der Waals surface area contributed by atoms with Gasteiger partial charge in [-0.1, -0.05) is 73.1 Å². The van der Waals surface area contributed by atoms with Crippen LogP contribution in [0.25, 0.3) is 0 Å². The number of amides is 4. The van der Waals surface area contributed by atoms with Crippen molar-refractivity contribution < 1.29 is 43.3 Å². The molecule has 54 heavy (non-hydrogen) atoms. The Hall–Kier alpha value is -3.75. The Morgan fingerprint density at radius 2 is 1.56 bits per heavy atom. The van der Waals surface area contributed by atoms with Crippen LogP contribution < -0.4 is 20.7 Å². The molecular formula is C40H67N5O9. The highest BCUT2D eigenvalue weighted by Crippen LogP contribution is 2.30. The molecule has 4 amide bonds. The number of hydrogen-bond acceptors (Lipinski definition) is 9. The first-order valence-corrected chi connectivity index (χ1v) is 19.2. The van der Waals surface area contributed by atoms with E-state index in [1.807, 2.05) is 41.5 Å². The fourth-order valence-electron chi connectivity index (χ4n) is 7.64. The van der Waals surface area contributed by atoms with Gasteiger partial charge in [-0.3, -0.25) is 19.2 Å². The minimum absolute atomic E-state index is 0.0165. The molecular weight excluding hydrogens is 694 g/mol. The van der Waals surface area contributed by atoms with E-state index in [4.69, 9.17) is 14.2 Å². The molecule has 1 aliphatic heterocycles. The Morgan fingerprint density at radius 1 is 0.926 bits per heavy atom. The number of carbonyl (C=O) groups is 5. The van der Waals surface area contributed by atoms with Crippen molar-refractivity contribution in [1.82, 2.24) is 25.8 Å². The molecule has 1 fully saturated rings. The highest BCUT2D eigenvalue weighted by molar-refractivity contribution is 5.90. The fourth-order valence-corrected chi connectivity index (χ4v) is 7.64. The number of hydrogen-bond donors (Lipinski definition) is 4. The molecule has 0 spiro atoms. The van der Waals surface area contributed by atoms with Gasteiger partial charge in [-0.05, 0) is 49.3 Å². The highest BCUT2D eigenvalue weighted by atomic mass is 16.5. The zero-order chi connectivity index (χ0) is 40.9. The number of para-hydroxylation sites is 1. The normalized spacial score (nSPS) is 18.9. The first kappa shape index (κ1) is 46.4. The van der Waals surface area contributed by atoms with Gasteiger partial charge in [-0.15, -0.1) is 0 Å². The van der Waals surface area contributed by atoms with Crippen LogP contribution in [0.2, 0.25) is 0 Å². The average Bonchev–Trinajstić information content (AvgIpc) is 3.62. The second-order valence-corrected chi connectivity index (χ2v) is 15.2. The first-order chi connectivity index (χ1) is 25.5. The lowest BCUT2D eigenvalue weighted by molar-refractivity contribution is -0.148. The van der Waals surface area contributed by atoms with Crippen LogP contribution in [-0.4, -0.2) is 129 Å². The number of nitrogens with one attached hydrogen (secondary N) is 3. The lowest BCUT2D eigenvalue weighted by Gasteiger charge is -2.41. The number of carboxylic acid groups (broad SMARTS) is 1. The molecule has 0 aliphatic carbocycles. The number of nitrogens with zero attached hydrogens (tertiary/aromatic N) is 2. The molecule has 0 saturated carbocycles. The summed E-state index contributed by atoms with van der Waals surface area (Å²) in [6.07, 6.45) is 0.620. The molecule has 306 valence electrons. The monoisotopic (exact) mass is 761 g/mol. The molecule has 14 nitrogen and oxygen atoms in total. The molecule has 0 radical (unpaired) electrons. The number of carboxylic acids is 1. The standard InChI is InChI=1S/C40H67N5O9/c1-13-25(6)35(44(9)39(49)34(24(4)5)43-38(48)33(41-8)23(2)3)31(53-11)22-32(46)45-20-16-18-29(45)36(54-12)26(7)37(47)42-28(40(50)51)21-27-17-14-15-19-30(27)52-10/h14-15,17,19,23-26,28-29,31,33-36,41H,13,16,18,20-22H2,1-12H3,(H,42,47)(H,43,48)(H,50,51)/t25-,26+,28?,29-,31?,33?,34-,35?,36?/m0/s1. The summed E-state index contributed by atoms with van der Waals surface area (Å²) in [7, 11) is 7.94. The lowest BCUT2D eigenvalue weighted by atomic mass is 9.89. The van der Waals surface area contributed by atoms with Crippen molar-refractivity contribution in [3.05, 3.63) is 29.8 Å². The molecule has 2 rings (SSSR count). The Bertz CT molecular complexity index is 1390. The zero-order valence-electron chi connectivity index (χ0n) is 34.5. The predicted octanol–water partition coefficient (Wildman–Crippen LogP) is 3.11. The van der Waals surface area contributed by atoms with Crippen LogP contribution in [0.4, 0.5) is 0 Å². The second-order valence-electron chi connectivity index (χ2n) is 15.2. The van der Waals surface area contributed by atoms with Crippen molar-refractivity contribution >= 4 is 29.6 Å². The van der Waals surface area contributed by atoms with Crippen molar-refractivity contribution in [2.75, 3.05) is 42.0 Å². The van der Waals surface area contributed by atoms with E-state index in [-0.39, 0.29) is 48.3 Å². The third-order valence-electron chi connectivity index (χ3n) is 11.0. The van der Waals surface area contributed by atoms with Gasteiger partial charge in [0.2, 0.25) is 23.6 Å².